The molecule has 0 aromatic heterocycles. The Labute approximate surface area is 121 Å². The Balaban J connectivity index is 1.56. The highest BCUT2D eigenvalue weighted by molar-refractivity contribution is 8.00. The van der Waals surface area contributed by atoms with Crippen molar-refractivity contribution in [3.05, 3.63) is 29.8 Å². The number of thioether (sulfide) groups is 1. The lowest BCUT2D eigenvalue weighted by Gasteiger charge is -2.25. The van der Waals surface area contributed by atoms with Crippen molar-refractivity contribution in [1.29, 1.82) is 0 Å². The Bertz CT molecular complexity index is 416. The number of hydrogen-bond donors (Lipinski definition) is 0. The molecule has 1 saturated heterocycles. The van der Waals surface area contributed by atoms with E-state index in [1.165, 1.54) is 50.2 Å². The minimum Gasteiger partial charge on any atom is -0.302 e. The van der Waals surface area contributed by atoms with Gasteiger partial charge in [-0.3, -0.25) is 0 Å². The smallest absolute Gasteiger partial charge is 0.0263 e. The molecule has 2 heterocycles. The molecule has 104 valence electrons. The maximum atomic E-state index is 2.71. The van der Waals surface area contributed by atoms with Crippen LogP contribution < -0.4 is 0 Å². The summed E-state index contributed by atoms with van der Waals surface area (Å²) in [6, 6.07) is 8.93. The lowest BCUT2D eigenvalue weighted by molar-refractivity contribution is 0.263. The molecular formula is C17H25NS. The van der Waals surface area contributed by atoms with Crippen molar-refractivity contribution >= 4 is 11.8 Å². The van der Waals surface area contributed by atoms with Gasteiger partial charge in [-0.15, -0.1) is 11.8 Å². The first kappa shape index (κ1) is 13.5. The number of benzene rings is 1. The van der Waals surface area contributed by atoms with Gasteiger partial charge in [0, 0.05) is 16.7 Å². The van der Waals surface area contributed by atoms with Gasteiger partial charge in [0.05, 0.1) is 0 Å². The summed E-state index contributed by atoms with van der Waals surface area (Å²) in [7, 11) is 0. The van der Waals surface area contributed by atoms with E-state index in [4.69, 9.17) is 0 Å². The van der Waals surface area contributed by atoms with Gasteiger partial charge < -0.3 is 4.90 Å². The van der Waals surface area contributed by atoms with E-state index in [2.05, 4.69) is 54.8 Å². The van der Waals surface area contributed by atoms with E-state index >= 15 is 0 Å². The average molecular weight is 275 g/mol. The van der Waals surface area contributed by atoms with Gasteiger partial charge in [-0.05, 0) is 55.8 Å². The lowest BCUT2D eigenvalue weighted by atomic mass is 9.85. The summed E-state index contributed by atoms with van der Waals surface area (Å²) in [6.07, 6.45) is 5.39. The van der Waals surface area contributed by atoms with Crippen molar-refractivity contribution in [3.63, 3.8) is 0 Å². The number of hydrogen-bond acceptors (Lipinski definition) is 2. The minimum atomic E-state index is 0.556. The Hall–Kier alpha value is -0.470. The van der Waals surface area contributed by atoms with Gasteiger partial charge in [0.2, 0.25) is 0 Å². The third-order valence-corrected chi connectivity index (χ3v) is 5.91. The quantitative estimate of drug-likeness (QED) is 0.795. The lowest BCUT2D eigenvalue weighted by Crippen LogP contribution is -2.32. The van der Waals surface area contributed by atoms with Gasteiger partial charge in [-0.1, -0.05) is 32.0 Å². The van der Waals surface area contributed by atoms with Crippen LogP contribution >= 0.6 is 11.8 Å². The fourth-order valence-electron chi connectivity index (χ4n) is 3.31. The number of likely N-dealkylation sites (tertiary alicyclic amines) is 1. The van der Waals surface area contributed by atoms with Crippen LogP contribution in [0.4, 0.5) is 0 Å². The molecule has 1 atom stereocenters. The van der Waals surface area contributed by atoms with Crippen molar-refractivity contribution in [1.82, 2.24) is 4.90 Å². The summed E-state index contributed by atoms with van der Waals surface area (Å²) in [4.78, 5) is 4.22. The van der Waals surface area contributed by atoms with Gasteiger partial charge in [0.25, 0.3) is 0 Å². The zero-order valence-electron chi connectivity index (χ0n) is 12.2. The van der Waals surface area contributed by atoms with E-state index in [0.29, 0.717) is 5.41 Å². The van der Waals surface area contributed by atoms with E-state index in [-0.39, 0.29) is 0 Å². The highest BCUT2D eigenvalue weighted by Crippen LogP contribution is 2.38. The van der Waals surface area contributed by atoms with E-state index in [1.54, 1.807) is 5.56 Å². The predicted molar refractivity (Wildman–Crippen MR) is 83.9 cm³/mol. The standard InChI is InChI=1S/C17H25NS/c1-17(2)8-5-10-18(11-9-17)13-15-12-14-6-3-4-7-16(14)19-15/h3-4,6-7,15H,5,8-13H2,1-2H3. The Morgan fingerprint density at radius 2 is 2.05 bits per heavy atom. The molecule has 0 bridgehead atoms. The third kappa shape index (κ3) is 3.35. The van der Waals surface area contributed by atoms with Crippen molar-refractivity contribution in [2.45, 2.75) is 49.7 Å². The highest BCUT2D eigenvalue weighted by Gasteiger charge is 2.27. The molecule has 1 fully saturated rings. The molecule has 2 aliphatic rings. The molecule has 0 saturated carbocycles. The highest BCUT2D eigenvalue weighted by atomic mass is 32.2. The number of nitrogens with zero attached hydrogens (tertiary/aromatic N) is 1. The number of fused-ring (bicyclic) bond motifs is 1. The van der Waals surface area contributed by atoms with Gasteiger partial charge >= 0.3 is 0 Å². The summed E-state index contributed by atoms with van der Waals surface area (Å²) in [5.41, 5.74) is 2.12. The second-order valence-electron chi connectivity index (χ2n) is 6.87. The number of rotatable bonds is 2. The molecule has 0 spiro atoms. The van der Waals surface area contributed by atoms with Crippen LogP contribution in [-0.2, 0) is 6.42 Å². The topological polar surface area (TPSA) is 3.24 Å². The molecule has 0 aliphatic carbocycles. The summed E-state index contributed by atoms with van der Waals surface area (Å²) in [5, 5.41) is 0.776. The van der Waals surface area contributed by atoms with Crippen molar-refractivity contribution < 1.29 is 0 Å². The van der Waals surface area contributed by atoms with Crippen molar-refractivity contribution in [2.24, 2.45) is 5.41 Å². The van der Waals surface area contributed by atoms with E-state index in [0.717, 1.165) is 5.25 Å². The molecular weight excluding hydrogens is 250 g/mol. The van der Waals surface area contributed by atoms with E-state index < -0.39 is 0 Å². The summed E-state index contributed by atoms with van der Waals surface area (Å²) >= 11 is 2.09. The second-order valence-corrected chi connectivity index (χ2v) is 8.21. The minimum absolute atomic E-state index is 0.556. The maximum absolute atomic E-state index is 2.71. The molecule has 0 amide bonds. The van der Waals surface area contributed by atoms with Crippen LogP contribution in [0.2, 0.25) is 0 Å². The van der Waals surface area contributed by atoms with Crippen LogP contribution in [0.1, 0.15) is 38.7 Å². The Morgan fingerprint density at radius 3 is 2.89 bits per heavy atom. The fraction of sp³-hybridized carbons (Fsp3) is 0.647. The Morgan fingerprint density at radius 1 is 1.21 bits per heavy atom. The molecule has 1 aromatic rings. The fourth-order valence-corrected chi connectivity index (χ4v) is 4.67. The first-order valence-electron chi connectivity index (χ1n) is 7.59. The molecule has 1 unspecified atom stereocenters. The van der Waals surface area contributed by atoms with Gasteiger partial charge in [0.15, 0.2) is 0 Å². The van der Waals surface area contributed by atoms with Crippen LogP contribution in [0.25, 0.3) is 0 Å². The molecule has 1 aromatic carbocycles. The normalized spacial score (nSPS) is 26.9. The second kappa shape index (κ2) is 5.49. The van der Waals surface area contributed by atoms with Gasteiger partial charge in [0.1, 0.15) is 0 Å². The van der Waals surface area contributed by atoms with E-state index in [9.17, 15) is 0 Å². The molecule has 3 rings (SSSR count). The van der Waals surface area contributed by atoms with Crippen molar-refractivity contribution in [3.8, 4) is 0 Å². The van der Waals surface area contributed by atoms with Crippen LogP contribution in [0.15, 0.2) is 29.2 Å². The van der Waals surface area contributed by atoms with E-state index in [1.807, 2.05) is 0 Å². The molecule has 2 aliphatic heterocycles. The van der Waals surface area contributed by atoms with Gasteiger partial charge in [-0.2, -0.15) is 0 Å². The molecule has 0 radical (unpaired) electrons. The molecule has 0 N–H and O–H groups in total. The molecule has 1 nitrogen and oxygen atoms in total. The zero-order valence-corrected chi connectivity index (χ0v) is 13.0. The van der Waals surface area contributed by atoms with Crippen LogP contribution in [0.5, 0.6) is 0 Å². The largest absolute Gasteiger partial charge is 0.302 e. The first-order chi connectivity index (χ1) is 9.12. The van der Waals surface area contributed by atoms with Crippen molar-refractivity contribution in [2.75, 3.05) is 19.6 Å². The monoisotopic (exact) mass is 275 g/mol. The summed E-state index contributed by atoms with van der Waals surface area (Å²) in [5.74, 6) is 0. The third-order valence-electron chi connectivity index (χ3n) is 4.61. The predicted octanol–water partition coefficient (Wildman–Crippen LogP) is 4.22. The van der Waals surface area contributed by atoms with Crippen LogP contribution in [-0.4, -0.2) is 29.8 Å². The summed E-state index contributed by atoms with van der Waals surface area (Å²) in [6.45, 7) is 8.72. The first-order valence-corrected chi connectivity index (χ1v) is 8.47. The van der Waals surface area contributed by atoms with Crippen LogP contribution in [0.3, 0.4) is 0 Å². The summed E-state index contributed by atoms with van der Waals surface area (Å²) < 4.78 is 0. The Kier molecular flexibility index (Phi) is 3.91. The maximum Gasteiger partial charge on any atom is 0.0263 e. The zero-order chi connectivity index (χ0) is 13.3. The average Bonchev–Trinajstić information content (AvgIpc) is 2.69. The van der Waals surface area contributed by atoms with Crippen LogP contribution in [0, 0.1) is 5.41 Å². The SMILES string of the molecule is CC1(C)CCCN(CC2Cc3ccccc3S2)CC1. The molecule has 19 heavy (non-hydrogen) atoms. The molecule has 2 heteroatoms. The van der Waals surface area contributed by atoms with Gasteiger partial charge in [-0.25, -0.2) is 0 Å².